The highest BCUT2D eigenvalue weighted by atomic mass is 16.5. The Balaban J connectivity index is 1.62. The van der Waals surface area contributed by atoms with Crippen molar-refractivity contribution < 1.29 is 9.63 Å². The average molecular weight is 208 g/mol. The first-order chi connectivity index (χ1) is 7.24. The van der Waals surface area contributed by atoms with Crippen LogP contribution in [0.3, 0.4) is 0 Å². The molecule has 3 unspecified atom stereocenters. The van der Waals surface area contributed by atoms with E-state index in [1.165, 1.54) is 6.42 Å². The van der Waals surface area contributed by atoms with Crippen LogP contribution in [0.5, 0.6) is 0 Å². The SMILES string of the molecule is CC1CC1c1noc(CC(O)C2CC2)n1. The van der Waals surface area contributed by atoms with Crippen molar-refractivity contribution in [3.05, 3.63) is 11.7 Å². The minimum absolute atomic E-state index is 0.282. The minimum atomic E-state index is -0.282. The summed E-state index contributed by atoms with van der Waals surface area (Å²) in [6.07, 6.45) is 3.70. The molecule has 4 nitrogen and oxygen atoms in total. The zero-order chi connectivity index (χ0) is 10.4. The molecule has 2 aliphatic carbocycles. The van der Waals surface area contributed by atoms with E-state index >= 15 is 0 Å². The molecule has 2 fully saturated rings. The second kappa shape index (κ2) is 3.30. The molecule has 4 heteroatoms. The monoisotopic (exact) mass is 208 g/mol. The molecule has 0 saturated heterocycles. The quantitative estimate of drug-likeness (QED) is 0.814. The lowest BCUT2D eigenvalue weighted by Crippen LogP contribution is -2.12. The summed E-state index contributed by atoms with van der Waals surface area (Å²) in [5, 5.41) is 13.7. The van der Waals surface area contributed by atoms with Gasteiger partial charge in [-0.2, -0.15) is 4.98 Å². The van der Waals surface area contributed by atoms with Crippen LogP contribution in [-0.4, -0.2) is 21.4 Å². The van der Waals surface area contributed by atoms with Crippen LogP contribution < -0.4 is 0 Å². The lowest BCUT2D eigenvalue weighted by molar-refractivity contribution is 0.140. The lowest BCUT2D eigenvalue weighted by atomic mass is 10.2. The third-order valence-electron chi connectivity index (χ3n) is 3.47. The van der Waals surface area contributed by atoms with E-state index in [0.717, 1.165) is 18.7 Å². The van der Waals surface area contributed by atoms with Crippen molar-refractivity contribution in [3.8, 4) is 0 Å². The Hall–Kier alpha value is -0.900. The normalized spacial score (nSPS) is 31.6. The van der Waals surface area contributed by atoms with Gasteiger partial charge in [-0.25, -0.2) is 0 Å². The molecule has 0 bridgehead atoms. The molecule has 1 N–H and O–H groups in total. The van der Waals surface area contributed by atoms with Gasteiger partial charge in [0.05, 0.1) is 12.5 Å². The second-order valence-corrected chi connectivity index (χ2v) is 4.97. The first-order valence-electron chi connectivity index (χ1n) is 5.74. The largest absolute Gasteiger partial charge is 0.392 e. The van der Waals surface area contributed by atoms with Crippen molar-refractivity contribution in [1.82, 2.24) is 10.1 Å². The summed E-state index contributed by atoms with van der Waals surface area (Å²) in [5.74, 6) is 3.11. The van der Waals surface area contributed by atoms with E-state index in [-0.39, 0.29) is 6.10 Å². The zero-order valence-corrected chi connectivity index (χ0v) is 8.89. The molecule has 3 rings (SSSR count). The minimum Gasteiger partial charge on any atom is -0.392 e. The van der Waals surface area contributed by atoms with Crippen molar-refractivity contribution >= 4 is 0 Å². The van der Waals surface area contributed by atoms with Gasteiger partial charge >= 0.3 is 0 Å². The lowest BCUT2D eigenvalue weighted by Gasteiger charge is -2.03. The van der Waals surface area contributed by atoms with Crippen LogP contribution in [0.15, 0.2) is 4.52 Å². The molecular formula is C11H16N2O2. The van der Waals surface area contributed by atoms with E-state index in [1.807, 2.05) is 0 Å². The molecule has 82 valence electrons. The van der Waals surface area contributed by atoms with E-state index in [1.54, 1.807) is 0 Å². The van der Waals surface area contributed by atoms with Gasteiger partial charge in [0.15, 0.2) is 5.82 Å². The van der Waals surface area contributed by atoms with Gasteiger partial charge in [-0.1, -0.05) is 12.1 Å². The summed E-state index contributed by atoms with van der Waals surface area (Å²) >= 11 is 0. The van der Waals surface area contributed by atoms with Gasteiger partial charge in [0, 0.05) is 5.92 Å². The molecule has 1 aromatic rings. The summed E-state index contributed by atoms with van der Waals surface area (Å²) in [7, 11) is 0. The molecule has 3 atom stereocenters. The number of nitrogens with zero attached hydrogens (tertiary/aromatic N) is 2. The van der Waals surface area contributed by atoms with Crippen molar-refractivity contribution in [1.29, 1.82) is 0 Å². The Bertz CT molecular complexity index is 359. The Morgan fingerprint density at radius 1 is 1.53 bits per heavy atom. The average Bonchev–Trinajstić information content (AvgIpc) is 3.10. The van der Waals surface area contributed by atoms with Crippen LogP contribution in [0.4, 0.5) is 0 Å². The Morgan fingerprint density at radius 3 is 2.87 bits per heavy atom. The summed E-state index contributed by atoms with van der Waals surface area (Å²) in [6, 6.07) is 0. The first kappa shape index (κ1) is 9.33. The van der Waals surface area contributed by atoms with Gasteiger partial charge in [-0.3, -0.25) is 0 Å². The molecule has 2 aliphatic rings. The van der Waals surface area contributed by atoms with Gasteiger partial charge in [-0.15, -0.1) is 0 Å². The number of aliphatic hydroxyl groups excluding tert-OH is 1. The zero-order valence-electron chi connectivity index (χ0n) is 8.89. The Labute approximate surface area is 88.7 Å². The van der Waals surface area contributed by atoms with Crippen molar-refractivity contribution in [2.24, 2.45) is 11.8 Å². The molecule has 15 heavy (non-hydrogen) atoms. The van der Waals surface area contributed by atoms with Gasteiger partial charge in [0.2, 0.25) is 5.89 Å². The first-order valence-corrected chi connectivity index (χ1v) is 5.74. The standard InChI is InChI=1S/C11H16N2O2/c1-6-4-8(6)11-12-10(15-13-11)5-9(14)7-2-3-7/h6-9,14H,2-5H2,1H3. The Morgan fingerprint density at radius 2 is 2.27 bits per heavy atom. The molecular weight excluding hydrogens is 192 g/mol. The summed E-state index contributed by atoms with van der Waals surface area (Å²) in [5.41, 5.74) is 0. The summed E-state index contributed by atoms with van der Waals surface area (Å²) < 4.78 is 5.14. The van der Waals surface area contributed by atoms with Crippen LogP contribution in [0.1, 0.15) is 43.8 Å². The topological polar surface area (TPSA) is 59.2 Å². The number of hydrogen-bond donors (Lipinski definition) is 1. The third kappa shape index (κ3) is 1.91. The molecule has 0 aromatic carbocycles. The fraction of sp³-hybridized carbons (Fsp3) is 0.818. The van der Waals surface area contributed by atoms with Gasteiger partial charge in [0.1, 0.15) is 0 Å². The van der Waals surface area contributed by atoms with E-state index in [9.17, 15) is 5.11 Å². The number of aromatic nitrogens is 2. The highest BCUT2D eigenvalue weighted by Gasteiger charge is 2.38. The molecule has 0 spiro atoms. The molecule has 0 amide bonds. The Kier molecular flexibility index (Phi) is 2.06. The van der Waals surface area contributed by atoms with Crippen molar-refractivity contribution in [3.63, 3.8) is 0 Å². The fourth-order valence-corrected chi connectivity index (χ4v) is 2.01. The molecule has 0 aliphatic heterocycles. The predicted molar refractivity (Wildman–Crippen MR) is 53.3 cm³/mol. The van der Waals surface area contributed by atoms with E-state index in [0.29, 0.717) is 30.1 Å². The van der Waals surface area contributed by atoms with E-state index < -0.39 is 0 Å². The van der Waals surface area contributed by atoms with Gasteiger partial charge in [-0.05, 0) is 31.1 Å². The van der Waals surface area contributed by atoms with Crippen LogP contribution >= 0.6 is 0 Å². The second-order valence-electron chi connectivity index (χ2n) is 4.97. The number of hydrogen-bond acceptors (Lipinski definition) is 4. The predicted octanol–water partition coefficient (Wildman–Crippen LogP) is 1.51. The fourth-order valence-electron chi connectivity index (χ4n) is 2.01. The molecule has 2 saturated carbocycles. The smallest absolute Gasteiger partial charge is 0.229 e. The molecule has 1 heterocycles. The van der Waals surface area contributed by atoms with Crippen molar-refractivity contribution in [2.45, 2.75) is 44.6 Å². The van der Waals surface area contributed by atoms with Gasteiger partial charge in [0.25, 0.3) is 0 Å². The van der Waals surface area contributed by atoms with Crippen LogP contribution in [0.25, 0.3) is 0 Å². The highest BCUT2D eigenvalue weighted by Crippen LogP contribution is 2.45. The molecule has 1 aromatic heterocycles. The van der Waals surface area contributed by atoms with Gasteiger partial charge < -0.3 is 9.63 Å². The van der Waals surface area contributed by atoms with Crippen LogP contribution in [0, 0.1) is 11.8 Å². The summed E-state index contributed by atoms with van der Waals surface area (Å²) in [6.45, 7) is 2.19. The maximum absolute atomic E-state index is 9.73. The molecule has 0 radical (unpaired) electrons. The highest BCUT2D eigenvalue weighted by molar-refractivity contribution is 5.07. The maximum Gasteiger partial charge on any atom is 0.229 e. The number of aliphatic hydroxyl groups is 1. The number of rotatable bonds is 4. The van der Waals surface area contributed by atoms with E-state index in [2.05, 4.69) is 17.1 Å². The maximum atomic E-state index is 9.73. The van der Waals surface area contributed by atoms with Crippen LogP contribution in [-0.2, 0) is 6.42 Å². The van der Waals surface area contributed by atoms with Crippen molar-refractivity contribution in [2.75, 3.05) is 0 Å². The van der Waals surface area contributed by atoms with E-state index in [4.69, 9.17) is 4.52 Å². The summed E-state index contributed by atoms with van der Waals surface area (Å²) in [4.78, 5) is 4.34. The third-order valence-corrected chi connectivity index (χ3v) is 3.47. The van der Waals surface area contributed by atoms with Crippen LogP contribution in [0.2, 0.25) is 0 Å².